The summed E-state index contributed by atoms with van der Waals surface area (Å²) in [6.07, 6.45) is 0. The summed E-state index contributed by atoms with van der Waals surface area (Å²) in [6, 6.07) is 49.8. The molecule has 6 aromatic carbocycles. The first-order valence-corrected chi connectivity index (χ1v) is 19.2. The van der Waals surface area contributed by atoms with Crippen LogP contribution in [0.1, 0.15) is 0 Å². The van der Waals surface area contributed by atoms with Gasteiger partial charge in [-0.25, -0.2) is 0 Å². The van der Waals surface area contributed by atoms with Crippen LogP contribution >= 0.6 is 15.8 Å². The molecule has 0 spiro atoms. The second-order valence-corrected chi connectivity index (χ2v) is 15.5. The summed E-state index contributed by atoms with van der Waals surface area (Å²) >= 11 is 0. The summed E-state index contributed by atoms with van der Waals surface area (Å²) in [5.41, 5.74) is 0. The Morgan fingerprint density at radius 1 is 0.327 bits per heavy atom. The zero-order chi connectivity index (χ0) is 38.9. The molecule has 6 aromatic rings. The van der Waals surface area contributed by atoms with Crippen molar-refractivity contribution in [3.05, 3.63) is 161 Å². The van der Waals surface area contributed by atoms with Crippen molar-refractivity contribution < 1.29 is 50.6 Å². The Labute approximate surface area is 335 Å². The first-order chi connectivity index (χ1) is 26.2. The zero-order valence-corrected chi connectivity index (χ0v) is 33.9. The van der Waals surface area contributed by atoms with Crippen LogP contribution in [0.2, 0.25) is 0 Å². The average Bonchev–Trinajstić information content (AvgIpc) is 3.22. The number of hydrogen-bond acceptors (Lipinski definition) is 9. The van der Waals surface area contributed by atoms with Crippen molar-refractivity contribution in [2.75, 3.05) is 42.7 Å². The molecule has 6 rings (SSSR count). The summed E-state index contributed by atoms with van der Waals surface area (Å²) in [5.74, 6) is 5.18. The van der Waals surface area contributed by atoms with Gasteiger partial charge in [-0.3, -0.25) is 0 Å². The third-order valence-corrected chi connectivity index (χ3v) is 12.9. The van der Waals surface area contributed by atoms with E-state index in [2.05, 4.69) is 72.8 Å². The van der Waals surface area contributed by atoms with E-state index >= 15 is 0 Å². The molecule has 0 atom stereocenters. The first-order valence-electron chi connectivity index (χ1n) is 16.5. The SMILES string of the molecule is COc1ccc(P(c2ccc(OC)cc2)c2ccc(OC)cc2)cc1.COc1ccc(P(c2ccc(OC)cc2)c2ccc(OC)cc2)cc1.O=[N+]([O-])[O-].[Cu+]. The number of hydrogen-bond donors (Lipinski definition) is 0. The van der Waals surface area contributed by atoms with Crippen LogP contribution in [0.25, 0.3) is 0 Å². The molecular weight excluding hydrogens is 788 g/mol. The third kappa shape index (κ3) is 12.9. The van der Waals surface area contributed by atoms with E-state index in [9.17, 15) is 0 Å². The van der Waals surface area contributed by atoms with Gasteiger partial charge in [0.2, 0.25) is 0 Å². The average molecular weight is 830 g/mol. The minimum atomic E-state index is -1.75. The van der Waals surface area contributed by atoms with Gasteiger partial charge in [-0.1, -0.05) is 72.8 Å². The molecule has 0 N–H and O–H groups in total. The van der Waals surface area contributed by atoms with Gasteiger partial charge >= 0.3 is 17.1 Å². The molecule has 0 heterocycles. The van der Waals surface area contributed by atoms with Crippen molar-refractivity contribution in [2.45, 2.75) is 0 Å². The first kappa shape index (κ1) is 44.1. The molecule has 0 fully saturated rings. The van der Waals surface area contributed by atoms with Crippen LogP contribution < -0.4 is 60.2 Å². The fourth-order valence-corrected chi connectivity index (χ4v) is 9.75. The van der Waals surface area contributed by atoms with E-state index in [0.29, 0.717) is 0 Å². The van der Waals surface area contributed by atoms with Crippen LogP contribution in [0.4, 0.5) is 0 Å². The largest absolute Gasteiger partial charge is 1.00 e. The maximum absolute atomic E-state index is 8.25. The Balaban J connectivity index is 0.000000265. The Morgan fingerprint density at radius 3 is 0.527 bits per heavy atom. The quantitative estimate of drug-likeness (QED) is 0.0575. The molecular formula is C42H42CuNO9P2. The van der Waals surface area contributed by atoms with Crippen LogP contribution in [-0.4, -0.2) is 47.7 Å². The van der Waals surface area contributed by atoms with Gasteiger partial charge in [-0.15, -0.1) is 0 Å². The molecule has 290 valence electrons. The normalized spacial score (nSPS) is 10.0. The molecule has 0 amide bonds. The van der Waals surface area contributed by atoms with E-state index in [1.807, 2.05) is 72.8 Å². The summed E-state index contributed by atoms with van der Waals surface area (Å²) in [4.78, 5) is 8.25. The number of ether oxygens (including phenoxy) is 6. The Morgan fingerprint density at radius 2 is 0.436 bits per heavy atom. The molecule has 0 aromatic heterocycles. The second kappa shape index (κ2) is 22.8. The van der Waals surface area contributed by atoms with Crippen LogP contribution in [0.5, 0.6) is 34.5 Å². The van der Waals surface area contributed by atoms with Gasteiger partial charge in [-0.2, -0.15) is 0 Å². The number of benzene rings is 6. The van der Waals surface area contributed by atoms with Crippen molar-refractivity contribution in [1.82, 2.24) is 0 Å². The van der Waals surface area contributed by atoms with E-state index in [1.54, 1.807) is 42.7 Å². The minimum Gasteiger partial charge on any atom is -0.497 e. The summed E-state index contributed by atoms with van der Waals surface area (Å²) < 4.78 is 31.8. The zero-order valence-electron chi connectivity index (χ0n) is 31.2. The number of nitrogens with zero attached hydrogens (tertiary/aromatic N) is 1. The molecule has 0 radical (unpaired) electrons. The standard InChI is InChI=1S/2C21H21O3P.Cu.NO3/c2*1-22-16-4-10-19(11-5-16)25(20-12-6-17(23-2)7-13-20)21-14-8-18(24-3)9-15-21;;2-1(3)4/h2*4-15H,1-3H3;;/q;;+1;-1. The van der Waals surface area contributed by atoms with E-state index in [0.717, 1.165) is 34.5 Å². The molecule has 0 aliphatic heterocycles. The molecule has 13 heteroatoms. The van der Waals surface area contributed by atoms with Gasteiger partial charge in [0, 0.05) is 0 Å². The van der Waals surface area contributed by atoms with E-state index in [1.165, 1.54) is 31.8 Å². The molecule has 55 heavy (non-hydrogen) atoms. The Kier molecular flexibility index (Phi) is 18.3. The maximum Gasteiger partial charge on any atom is 1.00 e. The molecule has 0 aliphatic rings. The Hall–Kier alpha value is -5.30. The maximum atomic E-state index is 8.25. The molecule has 0 bridgehead atoms. The molecule has 10 nitrogen and oxygen atoms in total. The van der Waals surface area contributed by atoms with E-state index < -0.39 is 20.9 Å². The van der Waals surface area contributed by atoms with Gasteiger partial charge in [-0.05, 0) is 120 Å². The molecule has 0 saturated carbocycles. The number of rotatable bonds is 12. The molecule has 0 saturated heterocycles. The topological polar surface area (TPSA) is 122 Å². The van der Waals surface area contributed by atoms with Crippen LogP contribution in [-0.2, 0) is 17.1 Å². The monoisotopic (exact) mass is 829 g/mol. The van der Waals surface area contributed by atoms with Crippen LogP contribution in [0.3, 0.4) is 0 Å². The van der Waals surface area contributed by atoms with Gasteiger partial charge in [0.15, 0.2) is 0 Å². The fourth-order valence-electron chi connectivity index (χ4n) is 5.28. The molecule has 0 unspecified atom stereocenters. The second-order valence-electron chi connectivity index (χ2n) is 11.1. The summed E-state index contributed by atoms with van der Waals surface area (Å²) in [5, 5.41) is 22.4. The van der Waals surface area contributed by atoms with Crippen molar-refractivity contribution in [1.29, 1.82) is 0 Å². The molecule has 0 aliphatic carbocycles. The predicted octanol–water partition coefficient (Wildman–Crippen LogP) is 6.70. The number of methoxy groups -OCH3 is 6. The fraction of sp³-hybridized carbons (Fsp3) is 0.143. The van der Waals surface area contributed by atoms with Crippen LogP contribution in [0, 0.1) is 15.3 Å². The van der Waals surface area contributed by atoms with Crippen molar-refractivity contribution in [3.63, 3.8) is 0 Å². The summed E-state index contributed by atoms with van der Waals surface area (Å²) in [7, 11) is 8.78. The van der Waals surface area contributed by atoms with Crippen molar-refractivity contribution in [2.24, 2.45) is 0 Å². The van der Waals surface area contributed by atoms with Crippen molar-refractivity contribution in [3.8, 4) is 34.5 Å². The minimum absolute atomic E-state index is 0. The van der Waals surface area contributed by atoms with Gasteiger partial charge in [0.25, 0.3) is 0 Å². The van der Waals surface area contributed by atoms with E-state index in [-0.39, 0.29) is 17.1 Å². The Bertz CT molecular complexity index is 1630. The summed E-state index contributed by atoms with van der Waals surface area (Å²) in [6.45, 7) is 0. The van der Waals surface area contributed by atoms with Crippen molar-refractivity contribution >= 4 is 47.7 Å². The van der Waals surface area contributed by atoms with Crippen LogP contribution in [0.15, 0.2) is 146 Å². The third-order valence-electron chi connectivity index (χ3n) is 7.98. The predicted molar refractivity (Wildman–Crippen MR) is 220 cm³/mol. The van der Waals surface area contributed by atoms with Gasteiger partial charge in [0.05, 0.1) is 47.7 Å². The van der Waals surface area contributed by atoms with Gasteiger partial charge < -0.3 is 43.7 Å². The smallest absolute Gasteiger partial charge is 0.497 e. The van der Waals surface area contributed by atoms with Gasteiger partial charge in [0.1, 0.15) is 34.5 Å². The van der Waals surface area contributed by atoms with E-state index in [4.69, 9.17) is 43.7 Å².